The van der Waals surface area contributed by atoms with E-state index in [0.29, 0.717) is 12.1 Å². The van der Waals surface area contributed by atoms with E-state index in [2.05, 4.69) is 39.8 Å². The lowest BCUT2D eigenvalue weighted by Gasteiger charge is -2.25. The van der Waals surface area contributed by atoms with E-state index in [4.69, 9.17) is 0 Å². The van der Waals surface area contributed by atoms with Gasteiger partial charge >= 0.3 is 6.03 Å². The van der Waals surface area contributed by atoms with Crippen LogP contribution in [0.4, 0.5) is 4.79 Å². The maximum absolute atomic E-state index is 11.8. The first-order valence-corrected chi connectivity index (χ1v) is 6.99. The second-order valence-corrected chi connectivity index (χ2v) is 5.53. The maximum atomic E-state index is 11.8. The molecule has 0 aromatic rings. The number of hydrogen-bond acceptors (Lipinski definition) is 2. The minimum Gasteiger partial charge on any atom is -0.331 e. The molecule has 0 saturated carbocycles. The predicted octanol–water partition coefficient (Wildman–Crippen LogP) is 2.50. The Labute approximate surface area is 113 Å². The summed E-state index contributed by atoms with van der Waals surface area (Å²) in [4.78, 5) is 17.5. The second kappa shape index (κ2) is 8.35. The van der Waals surface area contributed by atoms with Crippen LogP contribution in [0.1, 0.15) is 40.0 Å². The number of carbonyl (C=O) groups excluding carboxylic acids is 1. The number of amides is 2. The van der Waals surface area contributed by atoms with E-state index in [-0.39, 0.29) is 6.03 Å². The molecule has 0 radical (unpaired) electrons. The molecule has 4 nitrogen and oxygen atoms in total. The molecule has 2 atom stereocenters. The van der Waals surface area contributed by atoms with Crippen molar-refractivity contribution in [3.8, 4) is 0 Å². The fourth-order valence-corrected chi connectivity index (χ4v) is 1.90. The molecule has 1 fully saturated rings. The third-order valence-corrected chi connectivity index (χ3v) is 3.41. The molecule has 1 aliphatic heterocycles. The lowest BCUT2D eigenvalue weighted by Crippen LogP contribution is -2.42. The summed E-state index contributed by atoms with van der Waals surface area (Å²) in [5, 5.41) is 0. The van der Waals surface area contributed by atoms with Crippen LogP contribution in [-0.4, -0.2) is 67.5 Å². The third kappa shape index (κ3) is 5.25. The quantitative estimate of drug-likeness (QED) is 0.760. The van der Waals surface area contributed by atoms with Gasteiger partial charge in [-0.05, 0) is 27.4 Å². The van der Waals surface area contributed by atoms with Crippen LogP contribution in [0.15, 0.2) is 0 Å². The minimum atomic E-state index is 0.127. The lowest BCUT2D eigenvalue weighted by atomic mass is 10.2. The lowest BCUT2D eigenvalue weighted by molar-refractivity contribution is 0.166. The van der Waals surface area contributed by atoms with Crippen LogP contribution in [0.25, 0.3) is 0 Å². The Morgan fingerprint density at radius 2 is 1.67 bits per heavy atom. The highest BCUT2D eigenvalue weighted by Gasteiger charge is 2.33. The van der Waals surface area contributed by atoms with Crippen molar-refractivity contribution in [2.24, 2.45) is 0 Å². The van der Waals surface area contributed by atoms with Gasteiger partial charge in [-0.25, -0.2) is 4.79 Å². The van der Waals surface area contributed by atoms with Crippen molar-refractivity contribution in [3.63, 3.8) is 0 Å². The Kier molecular flexibility index (Phi) is 8.00. The summed E-state index contributed by atoms with van der Waals surface area (Å²) >= 11 is 0. The molecule has 1 heterocycles. The number of hydrogen-bond donors (Lipinski definition) is 0. The van der Waals surface area contributed by atoms with Gasteiger partial charge < -0.3 is 14.7 Å². The van der Waals surface area contributed by atoms with Gasteiger partial charge in [0.05, 0.1) is 0 Å². The van der Waals surface area contributed by atoms with Crippen LogP contribution in [0.5, 0.6) is 0 Å². The van der Waals surface area contributed by atoms with Crippen LogP contribution < -0.4 is 0 Å². The van der Waals surface area contributed by atoms with Crippen molar-refractivity contribution in [3.05, 3.63) is 0 Å². The average Bonchev–Trinajstić information content (AvgIpc) is 2.70. The molecular weight excluding hydrogens is 226 g/mol. The van der Waals surface area contributed by atoms with Gasteiger partial charge in [-0.2, -0.15) is 0 Å². The van der Waals surface area contributed by atoms with Gasteiger partial charge in [0.25, 0.3) is 0 Å². The highest BCUT2D eigenvalue weighted by atomic mass is 16.2. The van der Waals surface area contributed by atoms with Crippen molar-refractivity contribution < 1.29 is 4.79 Å². The van der Waals surface area contributed by atoms with Crippen molar-refractivity contribution >= 4 is 6.03 Å². The predicted molar refractivity (Wildman–Crippen MR) is 77.9 cm³/mol. The van der Waals surface area contributed by atoms with E-state index in [1.54, 1.807) is 19.0 Å². The Morgan fingerprint density at radius 1 is 1.17 bits per heavy atom. The van der Waals surface area contributed by atoms with Gasteiger partial charge in [-0.3, -0.25) is 0 Å². The normalized spacial score (nSPS) is 22.8. The van der Waals surface area contributed by atoms with Gasteiger partial charge in [-0.15, -0.1) is 0 Å². The number of nitrogens with zero attached hydrogens (tertiary/aromatic N) is 3. The molecule has 1 saturated heterocycles. The number of likely N-dealkylation sites (tertiary alicyclic amines) is 1. The monoisotopic (exact) mass is 257 g/mol. The Bertz CT molecular complexity index is 239. The molecular formula is C14H31N3O. The zero-order valence-corrected chi connectivity index (χ0v) is 13.2. The topological polar surface area (TPSA) is 26.8 Å². The Hall–Kier alpha value is -0.770. The number of urea groups is 1. The fraction of sp³-hybridized carbons (Fsp3) is 0.929. The number of likely N-dealkylation sites (N-methyl/N-ethyl adjacent to an activating group) is 1. The summed E-state index contributed by atoms with van der Waals surface area (Å²) in [6, 6.07) is 0.994. The van der Waals surface area contributed by atoms with Crippen molar-refractivity contribution in [2.75, 3.05) is 34.7 Å². The molecule has 1 aliphatic rings. The number of carbonyl (C=O) groups is 1. The van der Waals surface area contributed by atoms with E-state index in [0.717, 1.165) is 13.0 Å². The van der Waals surface area contributed by atoms with Gasteiger partial charge in [0.1, 0.15) is 0 Å². The van der Waals surface area contributed by atoms with Gasteiger partial charge in [-0.1, -0.05) is 26.7 Å². The summed E-state index contributed by atoms with van der Waals surface area (Å²) in [7, 11) is 7.75. The maximum Gasteiger partial charge on any atom is 0.319 e. The Morgan fingerprint density at radius 3 is 1.94 bits per heavy atom. The molecule has 0 aromatic carbocycles. The molecule has 0 aliphatic carbocycles. The smallest absolute Gasteiger partial charge is 0.319 e. The molecule has 108 valence electrons. The molecule has 18 heavy (non-hydrogen) atoms. The number of rotatable bonds is 2. The van der Waals surface area contributed by atoms with Crippen LogP contribution in [0, 0.1) is 0 Å². The summed E-state index contributed by atoms with van der Waals surface area (Å²) in [5.41, 5.74) is 0. The molecule has 0 aromatic heterocycles. The summed E-state index contributed by atoms with van der Waals surface area (Å²) in [6.07, 6.45) is 3.71. The van der Waals surface area contributed by atoms with E-state index < -0.39 is 0 Å². The molecule has 0 N–H and O–H groups in total. The highest BCUT2D eigenvalue weighted by Crippen LogP contribution is 2.21. The van der Waals surface area contributed by atoms with Crippen molar-refractivity contribution in [1.29, 1.82) is 0 Å². The second-order valence-electron chi connectivity index (χ2n) is 5.53. The van der Waals surface area contributed by atoms with Crippen LogP contribution >= 0.6 is 0 Å². The standard InChI is InChI=1S/C10H21N3O.C4H10/c1-8-6-9(11(2)3)7-13(8)10(14)12(4)5;1-3-4-2/h8-9H,6-7H2,1-5H3;3-4H2,1-2H3. The minimum absolute atomic E-state index is 0.127. The average molecular weight is 257 g/mol. The van der Waals surface area contributed by atoms with Gasteiger partial charge in [0, 0.05) is 32.7 Å². The number of unbranched alkanes of at least 4 members (excludes halogenated alkanes) is 1. The van der Waals surface area contributed by atoms with E-state index >= 15 is 0 Å². The zero-order chi connectivity index (χ0) is 14.3. The molecule has 2 amide bonds. The van der Waals surface area contributed by atoms with Crippen LogP contribution in [0.3, 0.4) is 0 Å². The first-order chi connectivity index (χ1) is 8.34. The third-order valence-electron chi connectivity index (χ3n) is 3.41. The molecule has 2 unspecified atom stereocenters. The van der Waals surface area contributed by atoms with Gasteiger partial charge in [0.15, 0.2) is 0 Å². The van der Waals surface area contributed by atoms with Crippen molar-refractivity contribution in [2.45, 2.75) is 52.1 Å². The zero-order valence-electron chi connectivity index (χ0n) is 13.2. The van der Waals surface area contributed by atoms with Crippen LogP contribution in [0.2, 0.25) is 0 Å². The largest absolute Gasteiger partial charge is 0.331 e. The molecule has 1 rings (SSSR count). The first-order valence-electron chi connectivity index (χ1n) is 6.99. The van der Waals surface area contributed by atoms with Crippen LogP contribution in [-0.2, 0) is 0 Å². The molecule has 0 spiro atoms. The fourth-order valence-electron chi connectivity index (χ4n) is 1.90. The van der Waals surface area contributed by atoms with E-state index in [9.17, 15) is 4.79 Å². The van der Waals surface area contributed by atoms with Gasteiger partial charge in [0.2, 0.25) is 0 Å². The molecule has 0 bridgehead atoms. The molecule has 4 heteroatoms. The highest BCUT2D eigenvalue weighted by molar-refractivity contribution is 5.74. The Balaban J connectivity index is 0.000000631. The SMILES string of the molecule is CC1CC(N(C)C)CN1C(=O)N(C)C.CCCC. The van der Waals surface area contributed by atoms with Crippen molar-refractivity contribution in [1.82, 2.24) is 14.7 Å². The summed E-state index contributed by atoms with van der Waals surface area (Å²) in [6.45, 7) is 7.33. The summed E-state index contributed by atoms with van der Waals surface area (Å²) in [5.74, 6) is 0. The summed E-state index contributed by atoms with van der Waals surface area (Å²) < 4.78 is 0. The van der Waals surface area contributed by atoms with E-state index in [1.807, 2.05) is 4.90 Å². The first kappa shape index (κ1) is 17.2. The van der Waals surface area contributed by atoms with E-state index in [1.165, 1.54) is 12.8 Å².